The van der Waals surface area contributed by atoms with Crippen molar-refractivity contribution in [3.63, 3.8) is 0 Å². The highest BCUT2D eigenvalue weighted by Crippen LogP contribution is 2.44. The van der Waals surface area contributed by atoms with E-state index < -0.39 is 18.5 Å². The number of nitrogen functional groups attached to an aromatic ring is 1. The molecule has 4 rings (SSSR count). The average molecular weight is 403 g/mol. The van der Waals surface area contributed by atoms with Crippen molar-refractivity contribution < 1.29 is 14.3 Å². The monoisotopic (exact) mass is 403 g/mol. The van der Waals surface area contributed by atoms with E-state index in [1.54, 1.807) is 18.2 Å². The van der Waals surface area contributed by atoms with Crippen LogP contribution in [0.15, 0.2) is 48.5 Å². The van der Waals surface area contributed by atoms with Crippen molar-refractivity contribution in [2.75, 3.05) is 17.7 Å². The molecule has 0 aliphatic heterocycles. The Morgan fingerprint density at radius 1 is 1.17 bits per heavy atom. The van der Waals surface area contributed by atoms with E-state index in [1.807, 2.05) is 18.2 Å². The molecule has 0 fully saturated rings. The number of carbonyl (C=O) groups excluding carboxylic acids is 2. The number of carbonyl (C=O) groups is 2. The van der Waals surface area contributed by atoms with Gasteiger partial charge in [-0.3, -0.25) is 4.79 Å². The topological polar surface area (TPSA) is 105 Å². The molecule has 3 aromatic rings. The van der Waals surface area contributed by atoms with Crippen LogP contribution >= 0.6 is 11.3 Å². The van der Waals surface area contributed by atoms with Crippen LogP contribution in [-0.2, 0) is 22.4 Å². The number of anilines is 2. The summed E-state index contributed by atoms with van der Waals surface area (Å²) >= 11 is 1.38. The molecule has 0 radical (unpaired) electrons. The number of nitrogens with one attached hydrogen (secondary N) is 1. The van der Waals surface area contributed by atoms with Crippen LogP contribution in [0.25, 0.3) is 10.4 Å². The number of aryl methyl sites for hydroxylation is 1. The summed E-state index contributed by atoms with van der Waals surface area (Å²) in [7, 11) is 0. The molecule has 0 saturated carbocycles. The molecule has 6 nitrogen and oxygen atoms in total. The summed E-state index contributed by atoms with van der Waals surface area (Å²) in [6.45, 7) is -0.447. The van der Waals surface area contributed by atoms with Crippen LogP contribution in [0.3, 0.4) is 0 Å². The van der Waals surface area contributed by atoms with Crippen molar-refractivity contribution in [2.45, 2.75) is 12.8 Å². The predicted octanol–water partition coefficient (Wildman–Crippen LogP) is 3.76. The van der Waals surface area contributed by atoms with Gasteiger partial charge in [-0.25, -0.2) is 4.79 Å². The van der Waals surface area contributed by atoms with E-state index in [0.29, 0.717) is 16.3 Å². The summed E-state index contributed by atoms with van der Waals surface area (Å²) in [5, 5.41) is 12.8. The van der Waals surface area contributed by atoms with Gasteiger partial charge in [0.1, 0.15) is 11.1 Å². The summed E-state index contributed by atoms with van der Waals surface area (Å²) < 4.78 is 5.06. The Labute approximate surface area is 171 Å². The van der Waals surface area contributed by atoms with Gasteiger partial charge < -0.3 is 15.8 Å². The summed E-state index contributed by atoms with van der Waals surface area (Å²) in [5.74, 6) is -1.13. The minimum Gasteiger partial charge on any atom is -0.452 e. The van der Waals surface area contributed by atoms with Gasteiger partial charge in [-0.05, 0) is 47.7 Å². The third kappa shape index (κ3) is 3.71. The molecule has 1 aliphatic rings. The third-order valence-corrected chi connectivity index (χ3v) is 5.92. The maximum atomic E-state index is 12.3. The van der Waals surface area contributed by atoms with Crippen LogP contribution in [0, 0.1) is 11.3 Å². The number of fused-ring (bicyclic) bond motifs is 3. The lowest BCUT2D eigenvalue weighted by molar-refractivity contribution is -0.119. The van der Waals surface area contributed by atoms with Gasteiger partial charge in [0.05, 0.1) is 11.1 Å². The minimum absolute atomic E-state index is 0.277. The van der Waals surface area contributed by atoms with Gasteiger partial charge in [0.25, 0.3) is 5.91 Å². The van der Waals surface area contributed by atoms with E-state index in [2.05, 4.69) is 17.5 Å². The molecular formula is C22H17N3O3S. The number of rotatable bonds is 4. The quantitative estimate of drug-likeness (QED) is 0.510. The van der Waals surface area contributed by atoms with Gasteiger partial charge >= 0.3 is 5.97 Å². The zero-order valence-electron chi connectivity index (χ0n) is 15.4. The molecule has 1 aliphatic carbocycles. The first-order valence-corrected chi connectivity index (χ1v) is 9.85. The van der Waals surface area contributed by atoms with Gasteiger partial charge in [0.2, 0.25) is 0 Å². The van der Waals surface area contributed by atoms with Gasteiger partial charge in [0, 0.05) is 10.6 Å². The first kappa shape index (κ1) is 18.7. The SMILES string of the molecule is N#Cc1c(NC(=O)COC(=O)c2cccc(N)c2)sc2c1CCc1ccccc1-2. The molecule has 1 heterocycles. The summed E-state index contributed by atoms with van der Waals surface area (Å²) in [6, 6.07) is 16.6. The number of ether oxygens (including phenoxy) is 1. The van der Waals surface area contributed by atoms with E-state index >= 15 is 0 Å². The smallest absolute Gasteiger partial charge is 0.338 e. The molecular weight excluding hydrogens is 386 g/mol. The largest absolute Gasteiger partial charge is 0.452 e. The van der Waals surface area contributed by atoms with Gasteiger partial charge in [-0.15, -0.1) is 11.3 Å². The summed E-state index contributed by atoms with van der Waals surface area (Å²) in [5.41, 5.74) is 10.1. The number of nitriles is 1. The lowest BCUT2D eigenvalue weighted by atomic mass is 9.90. The zero-order chi connectivity index (χ0) is 20.4. The Kier molecular flexibility index (Phi) is 5.02. The maximum Gasteiger partial charge on any atom is 0.338 e. The predicted molar refractivity (Wildman–Crippen MR) is 112 cm³/mol. The Balaban J connectivity index is 1.49. The molecule has 1 amide bonds. The second-order valence-corrected chi connectivity index (χ2v) is 7.65. The third-order valence-electron chi connectivity index (χ3n) is 4.73. The summed E-state index contributed by atoms with van der Waals surface area (Å²) in [4.78, 5) is 25.4. The van der Waals surface area contributed by atoms with Crippen molar-refractivity contribution >= 4 is 33.9 Å². The first-order valence-electron chi connectivity index (χ1n) is 9.03. The highest BCUT2D eigenvalue weighted by atomic mass is 32.1. The number of benzene rings is 2. The molecule has 0 atom stereocenters. The lowest BCUT2D eigenvalue weighted by Gasteiger charge is -2.15. The molecule has 0 bridgehead atoms. The Morgan fingerprint density at radius 2 is 2.00 bits per heavy atom. The fourth-order valence-corrected chi connectivity index (χ4v) is 4.67. The number of thiophene rings is 1. The van der Waals surface area contributed by atoms with E-state index in [-0.39, 0.29) is 5.56 Å². The number of hydrogen-bond donors (Lipinski definition) is 2. The van der Waals surface area contributed by atoms with Gasteiger partial charge in [0.15, 0.2) is 6.61 Å². The number of amides is 1. The van der Waals surface area contributed by atoms with E-state index in [9.17, 15) is 14.9 Å². The highest BCUT2D eigenvalue weighted by Gasteiger charge is 2.25. The average Bonchev–Trinajstić information content (AvgIpc) is 3.09. The zero-order valence-corrected chi connectivity index (χ0v) is 16.2. The minimum atomic E-state index is -0.632. The Hall–Kier alpha value is -3.63. The molecule has 0 unspecified atom stereocenters. The Bertz CT molecular complexity index is 1160. The standard InChI is InChI=1S/C22H17N3O3S/c23-11-18-17-9-8-13-4-1-2-7-16(13)20(17)29-21(18)25-19(26)12-28-22(27)14-5-3-6-15(24)10-14/h1-7,10H,8-9,12,24H2,(H,25,26). The van der Waals surface area contributed by atoms with Gasteiger partial charge in [-0.1, -0.05) is 30.3 Å². The van der Waals surface area contributed by atoms with Crippen LogP contribution in [-0.4, -0.2) is 18.5 Å². The second-order valence-electron chi connectivity index (χ2n) is 6.63. The first-order chi connectivity index (χ1) is 14.1. The normalized spacial score (nSPS) is 11.7. The number of nitrogens with zero attached hydrogens (tertiary/aromatic N) is 1. The highest BCUT2D eigenvalue weighted by molar-refractivity contribution is 7.20. The molecule has 144 valence electrons. The van der Waals surface area contributed by atoms with Crippen molar-refractivity contribution in [1.82, 2.24) is 0 Å². The fraction of sp³-hybridized carbons (Fsp3) is 0.136. The molecule has 29 heavy (non-hydrogen) atoms. The Morgan fingerprint density at radius 3 is 2.79 bits per heavy atom. The van der Waals surface area contributed by atoms with E-state index in [1.165, 1.54) is 23.0 Å². The molecule has 0 spiro atoms. The number of nitrogens with two attached hydrogens (primary N) is 1. The van der Waals surface area contributed by atoms with Crippen LogP contribution in [0.4, 0.5) is 10.7 Å². The van der Waals surface area contributed by atoms with Crippen molar-refractivity contribution in [1.29, 1.82) is 5.26 Å². The van der Waals surface area contributed by atoms with Crippen LogP contribution in [0.2, 0.25) is 0 Å². The molecule has 2 aromatic carbocycles. The molecule has 1 aromatic heterocycles. The lowest BCUT2D eigenvalue weighted by Crippen LogP contribution is -2.21. The number of hydrogen-bond acceptors (Lipinski definition) is 6. The summed E-state index contributed by atoms with van der Waals surface area (Å²) in [6.07, 6.45) is 1.62. The van der Waals surface area contributed by atoms with Crippen LogP contribution < -0.4 is 11.1 Å². The maximum absolute atomic E-state index is 12.3. The van der Waals surface area contributed by atoms with Crippen LogP contribution in [0.5, 0.6) is 0 Å². The second kappa shape index (κ2) is 7.78. The van der Waals surface area contributed by atoms with E-state index in [0.717, 1.165) is 28.8 Å². The van der Waals surface area contributed by atoms with Crippen LogP contribution in [0.1, 0.15) is 27.0 Å². The molecule has 3 N–H and O–H groups in total. The van der Waals surface area contributed by atoms with Gasteiger partial charge in [-0.2, -0.15) is 5.26 Å². The molecule has 0 saturated heterocycles. The number of esters is 1. The molecule has 7 heteroatoms. The van der Waals surface area contributed by atoms with E-state index in [4.69, 9.17) is 10.5 Å². The van der Waals surface area contributed by atoms with Crippen molar-refractivity contribution in [2.24, 2.45) is 0 Å². The van der Waals surface area contributed by atoms with Crippen molar-refractivity contribution in [3.05, 3.63) is 70.8 Å². The van der Waals surface area contributed by atoms with Crippen molar-refractivity contribution in [3.8, 4) is 16.5 Å². The fourth-order valence-electron chi connectivity index (χ4n) is 3.39.